The van der Waals surface area contributed by atoms with E-state index in [-0.39, 0.29) is 11.7 Å². The van der Waals surface area contributed by atoms with Gasteiger partial charge in [-0.25, -0.2) is 0 Å². The molecule has 1 amide bonds. The lowest BCUT2D eigenvalue weighted by Gasteiger charge is -2.23. The Bertz CT molecular complexity index is 1080. The van der Waals surface area contributed by atoms with E-state index in [2.05, 4.69) is 33.4 Å². The lowest BCUT2D eigenvalue weighted by molar-refractivity contribution is 0.101. The number of ketones is 1. The molecule has 142 valence electrons. The molecule has 28 heavy (non-hydrogen) atoms. The van der Waals surface area contributed by atoms with Gasteiger partial charge >= 0.3 is 0 Å². The van der Waals surface area contributed by atoms with E-state index in [0.717, 1.165) is 30.0 Å². The fraction of sp³-hybridized carbons (Fsp3) is 0.217. The highest BCUT2D eigenvalue weighted by molar-refractivity contribution is 6.09. The summed E-state index contributed by atoms with van der Waals surface area (Å²) in [6.45, 7) is 6.01. The number of hydrogen-bond acceptors (Lipinski definition) is 3. The summed E-state index contributed by atoms with van der Waals surface area (Å²) in [5, 5.41) is 3.03. The Morgan fingerprint density at radius 2 is 1.68 bits per heavy atom. The number of aryl methyl sites for hydroxylation is 1. The zero-order chi connectivity index (χ0) is 19.8. The SMILES string of the molecule is CC(=O)c1c(C)[nH]c(C(=O)Nc2ccccc2N2CCc3ccccc32)c1C. The van der Waals surface area contributed by atoms with Crippen molar-refractivity contribution in [2.24, 2.45) is 0 Å². The zero-order valence-electron chi connectivity index (χ0n) is 16.3. The molecule has 0 radical (unpaired) electrons. The molecule has 0 atom stereocenters. The summed E-state index contributed by atoms with van der Waals surface area (Å²) >= 11 is 0. The molecular weight excluding hydrogens is 350 g/mol. The van der Waals surface area contributed by atoms with Gasteiger partial charge in [-0.1, -0.05) is 30.3 Å². The second-order valence-electron chi connectivity index (χ2n) is 7.18. The van der Waals surface area contributed by atoms with E-state index in [0.29, 0.717) is 16.8 Å². The third-order valence-corrected chi connectivity index (χ3v) is 5.35. The lowest BCUT2D eigenvalue weighted by Crippen LogP contribution is -2.19. The molecular formula is C23H23N3O2. The summed E-state index contributed by atoms with van der Waals surface area (Å²) in [6, 6.07) is 16.2. The number of fused-ring (bicyclic) bond motifs is 1. The van der Waals surface area contributed by atoms with Crippen LogP contribution in [0.2, 0.25) is 0 Å². The Morgan fingerprint density at radius 1 is 1.00 bits per heavy atom. The Morgan fingerprint density at radius 3 is 2.39 bits per heavy atom. The van der Waals surface area contributed by atoms with Crippen molar-refractivity contribution < 1.29 is 9.59 Å². The number of anilines is 3. The van der Waals surface area contributed by atoms with Crippen molar-refractivity contribution in [3.05, 3.63) is 76.6 Å². The molecule has 0 saturated carbocycles. The van der Waals surface area contributed by atoms with Crippen LogP contribution in [-0.2, 0) is 6.42 Å². The highest BCUT2D eigenvalue weighted by atomic mass is 16.2. The van der Waals surface area contributed by atoms with Crippen LogP contribution < -0.4 is 10.2 Å². The van der Waals surface area contributed by atoms with E-state index in [1.54, 1.807) is 6.92 Å². The first-order chi connectivity index (χ1) is 13.5. The number of aromatic amines is 1. The van der Waals surface area contributed by atoms with Gasteiger partial charge < -0.3 is 15.2 Å². The van der Waals surface area contributed by atoms with Crippen molar-refractivity contribution >= 4 is 28.8 Å². The molecule has 5 nitrogen and oxygen atoms in total. The van der Waals surface area contributed by atoms with E-state index in [9.17, 15) is 9.59 Å². The third kappa shape index (κ3) is 2.99. The number of nitrogens with zero attached hydrogens (tertiary/aromatic N) is 1. The fourth-order valence-corrected chi connectivity index (χ4v) is 4.09. The van der Waals surface area contributed by atoms with Gasteiger partial charge in [0.25, 0.3) is 5.91 Å². The summed E-state index contributed by atoms with van der Waals surface area (Å²) in [4.78, 5) is 30.1. The van der Waals surface area contributed by atoms with Crippen LogP contribution in [0.5, 0.6) is 0 Å². The molecule has 2 aromatic carbocycles. The van der Waals surface area contributed by atoms with Crippen molar-refractivity contribution in [1.82, 2.24) is 4.98 Å². The van der Waals surface area contributed by atoms with Gasteiger partial charge in [0.2, 0.25) is 0 Å². The number of nitrogens with one attached hydrogen (secondary N) is 2. The van der Waals surface area contributed by atoms with Crippen LogP contribution in [0.3, 0.4) is 0 Å². The van der Waals surface area contributed by atoms with Gasteiger partial charge in [0, 0.05) is 23.5 Å². The molecule has 0 spiro atoms. The minimum atomic E-state index is -0.243. The number of carbonyl (C=O) groups is 2. The van der Waals surface area contributed by atoms with E-state index in [1.807, 2.05) is 37.3 Å². The maximum Gasteiger partial charge on any atom is 0.272 e. The van der Waals surface area contributed by atoms with Gasteiger partial charge in [-0.3, -0.25) is 9.59 Å². The van der Waals surface area contributed by atoms with Crippen LogP contribution in [0.4, 0.5) is 17.1 Å². The van der Waals surface area contributed by atoms with Crippen LogP contribution >= 0.6 is 0 Å². The first-order valence-electron chi connectivity index (χ1n) is 9.43. The summed E-state index contributed by atoms with van der Waals surface area (Å²) in [6.07, 6.45) is 0.982. The molecule has 5 heteroatoms. The van der Waals surface area contributed by atoms with Gasteiger partial charge in [0.1, 0.15) is 5.69 Å². The Kier molecular flexibility index (Phi) is 4.51. The first kappa shape index (κ1) is 18.0. The maximum atomic E-state index is 13.0. The van der Waals surface area contributed by atoms with Crippen LogP contribution in [-0.4, -0.2) is 23.2 Å². The maximum absolute atomic E-state index is 13.0. The molecule has 1 aliphatic rings. The molecule has 0 bridgehead atoms. The summed E-state index contributed by atoms with van der Waals surface area (Å²) in [7, 11) is 0. The highest BCUT2D eigenvalue weighted by Crippen LogP contribution is 2.38. The molecule has 1 aliphatic heterocycles. The van der Waals surface area contributed by atoms with Crippen molar-refractivity contribution in [2.75, 3.05) is 16.8 Å². The normalized spacial score (nSPS) is 12.8. The second-order valence-corrected chi connectivity index (χ2v) is 7.18. The number of para-hydroxylation sites is 3. The topological polar surface area (TPSA) is 65.2 Å². The van der Waals surface area contributed by atoms with Crippen LogP contribution in [0, 0.1) is 13.8 Å². The largest absolute Gasteiger partial charge is 0.354 e. The number of hydrogen-bond donors (Lipinski definition) is 2. The first-order valence-corrected chi connectivity index (χ1v) is 9.43. The Labute approximate surface area is 164 Å². The molecule has 2 N–H and O–H groups in total. The van der Waals surface area contributed by atoms with Crippen molar-refractivity contribution in [3.8, 4) is 0 Å². The van der Waals surface area contributed by atoms with Crippen LogP contribution in [0.25, 0.3) is 0 Å². The molecule has 0 fully saturated rings. The van der Waals surface area contributed by atoms with Crippen LogP contribution in [0.1, 0.15) is 44.6 Å². The fourth-order valence-electron chi connectivity index (χ4n) is 4.09. The minimum Gasteiger partial charge on any atom is -0.354 e. The number of benzene rings is 2. The van der Waals surface area contributed by atoms with Gasteiger partial charge in [0.05, 0.1) is 11.4 Å². The minimum absolute atomic E-state index is 0.0422. The Hall–Kier alpha value is -3.34. The summed E-state index contributed by atoms with van der Waals surface area (Å²) in [5.74, 6) is -0.285. The average Bonchev–Trinajstić information content (AvgIpc) is 3.23. The predicted octanol–water partition coefficient (Wildman–Crippen LogP) is 4.78. The summed E-state index contributed by atoms with van der Waals surface area (Å²) in [5.41, 5.74) is 6.63. The van der Waals surface area contributed by atoms with Gasteiger partial charge in [0.15, 0.2) is 5.78 Å². The van der Waals surface area contributed by atoms with E-state index < -0.39 is 0 Å². The predicted molar refractivity (Wildman–Crippen MR) is 112 cm³/mol. The monoisotopic (exact) mass is 373 g/mol. The van der Waals surface area contributed by atoms with Crippen molar-refractivity contribution in [2.45, 2.75) is 27.2 Å². The molecule has 4 rings (SSSR count). The van der Waals surface area contributed by atoms with Gasteiger partial charge in [-0.15, -0.1) is 0 Å². The number of Topliss-reactive ketones (excluding diaryl/α,β-unsaturated/α-hetero) is 1. The van der Waals surface area contributed by atoms with Crippen molar-refractivity contribution in [3.63, 3.8) is 0 Å². The zero-order valence-corrected chi connectivity index (χ0v) is 16.3. The molecule has 0 unspecified atom stereocenters. The number of H-pyrrole nitrogens is 1. The smallest absolute Gasteiger partial charge is 0.272 e. The molecule has 3 aromatic rings. The molecule has 0 aliphatic carbocycles. The quantitative estimate of drug-likeness (QED) is 0.647. The Balaban J connectivity index is 1.67. The molecule has 1 aromatic heterocycles. The van der Waals surface area contributed by atoms with Crippen LogP contribution in [0.15, 0.2) is 48.5 Å². The number of amides is 1. The third-order valence-electron chi connectivity index (χ3n) is 5.35. The van der Waals surface area contributed by atoms with E-state index in [1.165, 1.54) is 18.2 Å². The van der Waals surface area contributed by atoms with E-state index >= 15 is 0 Å². The number of rotatable bonds is 4. The lowest BCUT2D eigenvalue weighted by atomic mass is 10.1. The van der Waals surface area contributed by atoms with Gasteiger partial charge in [-0.2, -0.15) is 0 Å². The average molecular weight is 373 g/mol. The van der Waals surface area contributed by atoms with Gasteiger partial charge in [-0.05, 0) is 56.5 Å². The number of aromatic nitrogens is 1. The number of carbonyl (C=O) groups excluding carboxylic acids is 2. The van der Waals surface area contributed by atoms with E-state index in [4.69, 9.17) is 0 Å². The molecule has 2 heterocycles. The second kappa shape index (κ2) is 7.00. The van der Waals surface area contributed by atoms with Crippen molar-refractivity contribution in [1.29, 1.82) is 0 Å². The molecule has 0 saturated heterocycles. The standard InChI is InChI=1S/C23H23N3O2/c1-14-21(16(3)27)15(2)24-22(14)23(28)25-18-9-5-7-11-20(18)26-13-12-17-8-4-6-10-19(17)26/h4-11,24H,12-13H2,1-3H3,(H,25,28). The highest BCUT2D eigenvalue weighted by Gasteiger charge is 2.24. The summed E-state index contributed by atoms with van der Waals surface area (Å²) < 4.78 is 0.